The minimum atomic E-state index is -3.64. The molecule has 1 atom stereocenters. The van der Waals surface area contributed by atoms with E-state index in [9.17, 15) is 13.5 Å². The van der Waals surface area contributed by atoms with Crippen LogP contribution >= 0.6 is 0 Å². The van der Waals surface area contributed by atoms with Crippen LogP contribution in [0.4, 0.5) is 0 Å². The van der Waals surface area contributed by atoms with Crippen molar-refractivity contribution in [3.63, 3.8) is 0 Å². The molecule has 5 nitrogen and oxygen atoms in total. The van der Waals surface area contributed by atoms with Gasteiger partial charge in [-0.3, -0.25) is 0 Å². The zero-order valence-corrected chi connectivity index (χ0v) is 12.1. The van der Waals surface area contributed by atoms with Crippen molar-refractivity contribution in [2.24, 2.45) is 0 Å². The van der Waals surface area contributed by atoms with Crippen LogP contribution in [0.5, 0.6) is 0 Å². The van der Waals surface area contributed by atoms with Gasteiger partial charge < -0.3 is 9.84 Å². The van der Waals surface area contributed by atoms with Gasteiger partial charge in [-0.2, -0.15) is 0 Å². The fourth-order valence-corrected chi connectivity index (χ4v) is 3.39. The maximum atomic E-state index is 12.3. The van der Waals surface area contributed by atoms with Crippen molar-refractivity contribution < 1.29 is 18.3 Å². The van der Waals surface area contributed by atoms with E-state index in [1.165, 1.54) is 6.07 Å². The fraction of sp³-hybridized carbons (Fsp3) is 0.538. The number of rotatable bonds is 8. The fourth-order valence-electron chi connectivity index (χ4n) is 1.91. The molecule has 2 N–H and O–H groups in total. The second-order valence-corrected chi connectivity index (χ2v) is 6.01. The average molecular weight is 287 g/mol. The van der Waals surface area contributed by atoms with Gasteiger partial charge in [0.25, 0.3) is 0 Å². The Kier molecular flexibility index (Phi) is 6.44. The number of nitrogens with one attached hydrogen (secondary N) is 1. The van der Waals surface area contributed by atoms with E-state index >= 15 is 0 Å². The number of aliphatic hydroxyl groups is 1. The van der Waals surface area contributed by atoms with Crippen LogP contribution < -0.4 is 4.72 Å². The molecule has 0 saturated heterocycles. The maximum absolute atomic E-state index is 12.3. The summed E-state index contributed by atoms with van der Waals surface area (Å²) in [6.45, 7) is 2.01. The van der Waals surface area contributed by atoms with Gasteiger partial charge in [-0.25, -0.2) is 13.1 Å². The first-order valence-corrected chi connectivity index (χ1v) is 7.73. The van der Waals surface area contributed by atoms with Crippen LogP contribution in [-0.4, -0.2) is 33.3 Å². The Balaban J connectivity index is 2.96. The molecule has 1 unspecified atom stereocenters. The lowest BCUT2D eigenvalue weighted by atomic mass is 10.2. The third-order valence-corrected chi connectivity index (χ3v) is 4.38. The number of aliphatic hydroxyl groups excluding tert-OH is 1. The molecule has 0 radical (unpaired) electrons. The molecule has 1 rings (SSSR count). The van der Waals surface area contributed by atoms with Crippen LogP contribution in [0.2, 0.25) is 0 Å². The quantitative estimate of drug-likeness (QED) is 0.755. The molecule has 0 saturated carbocycles. The number of ether oxygens (including phenoxy) is 1. The first-order chi connectivity index (χ1) is 9.05. The molecule has 0 aromatic heterocycles. The molecule has 19 heavy (non-hydrogen) atoms. The van der Waals surface area contributed by atoms with Gasteiger partial charge in [0.05, 0.1) is 18.1 Å². The van der Waals surface area contributed by atoms with E-state index in [1.54, 1.807) is 25.3 Å². The average Bonchev–Trinajstić information content (AvgIpc) is 2.39. The van der Waals surface area contributed by atoms with E-state index in [0.29, 0.717) is 18.6 Å². The van der Waals surface area contributed by atoms with Gasteiger partial charge in [-0.05, 0) is 18.1 Å². The molecule has 0 spiro atoms. The zero-order chi connectivity index (χ0) is 14.3. The summed E-state index contributed by atoms with van der Waals surface area (Å²) in [5.74, 6) is 0. The Morgan fingerprint density at radius 1 is 1.37 bits per heavy atom. The van der Waals surface area contributed by atoms with E-state index in [1.807, 2.05) is 6.92 Å². The van der Waals surface area contributed by atoms with Crippen LogP contribution in [-0.2, 0) is 21.4 Å². The molecule has 0 heterocycles. The summed E-state index contributed by atoms with van der Waals surface area (Å²) < 4.78 is 32.2. The standard InChI is InChI=1S/C13H21NO4S/c1-3-6-12(10-18-2)14-19(16,17)13-8-5-4-7-11(13)9-15/h4-5,7-8,12,14-15H,3,6,9-10H2,1-2H3. The SMILES string of the molecule is CCCC(COC)NS(=O)(=O)c1ccccc1CO. The molecule has 0 aliphatic rings. The van der Waals surface area contributed by atoms with E-state index in [0.717, 1.165) is 6.42 Å². The van der Waals surface area contributed by atoms with Crippen LogP contribution in [0.1, 0.15) is 25.3 Å². The molecule has 1 aromatic carbocycles. The van der Waals surface area contributed by atoms with E-state index in [2.05, 4.69) is 4.72 Å². The third-order valence-electron chi connectivity index (χ3n) is 2.76. The highest BCUT2D eigenvalue weighted by Gasteiger charge is 2.21. The minimum absolute atomic E-state index is 0.120. The molecule has 0 aliphatic heterocycles. The van der Waals surface area contributed by atoms with Gasteiger partial charge in [0.2, 0.25) is 10.0 Å². The van der Waals surface area contributed by atoms with Crippen LogP contribution in [0, 0.1) is 0 Å². The first kappa shape index (κ1) is 16.1. The largest absolute Gasteiger partial charge is 0.392 e. The topological polar surface area (TPSA) is 75.6 Å². The Hall–Kier alpha value is -0.950. The Bertz CT molecular complexity index is 481. The zero-order valence-electron chi connectivity index (χ0n) is 11.3. The Morgan fingerprint density at radius 3 is 2.63 bits per heavy atom. The summed E-state index contributed by atoms with van der Waals surface area (Å²) in [5, 5.41) is 9.21. The highest BCUT2D eigenvalue weighted by atomic mass is 32.2. The highest BCUT2D eigenvalue weighted by Crippen LogP contribution is 2.16. The molecule has 6 heteroatoms. The normalized spacial score (nSPS) is 13.4. The number of sulfonamides is 1. The van der Waals surface area contributed by atoms with Gasteiger partial charge in [0.1, 0.15) is 0 Å². The monoisotopic (exact) mass is 287 g/mol. The number of benzene rings is 1. The van der Waals surface area contributed by atoms with E-state index in [-0.39, 0.29) is 17.5 Å². The van der Waals surface area contributed by atoms with Crippen molar-refractivity contribution in [3.05, 3.63) is 29.8 Å². The smallest absolute Gasteiger partial charge is 0.241 e. The van der Waals surface area contributed by atoms with Gasteiger partial charge in [-0.15, -0.1) is 0 Å². The van der Waals surface area contributed by atoms with Crippen LogP contribution in [0.15, 0.2) is 29.2 Å². The van der Waals surface area contributed by atoms with Crippen LogP contribution in [0.3, 0.4) is 0 Å². The van der Waals surface area contributed by atoms with Crippen molar-refractivity contribution in [3.8, 4) is 0 Å². The van der Waals surface area contributed by atoms with Gasteiger partial charge >= 0.3 is 0 Å². The van der Waals surface area contributed by atoms with E-state index in [4.69, 9.17) is 4.74 Å². The highest BCUT2D eigenvalue weighted by molar-refractivity contribution is 7.89. The molecule has 108 valence electrons. The Labute approximate surface area is 114 Å². The molecular formula is C13H21NO4S. The van der Waals surface area contributed by atoms with Crippen molar-refractivity contribution in [1.29, 1.82) is 0 Å². The number of hydrogen-bond donors (Lipinski definition) is 2. The second kappa shape index (κ2) is 7.59. The van der Waals surface area contributed by atoms with Crippen molar-refractivity contribution in [2.75, 3.05) is 13.7 Å². The molecule has 0 fully saturated rings. The lowest BCUT2D eigenvalue weighted by Crippen LogP contribution is -2.38. The predicted molar refractivity (Wildman–Crippen MR) is 73.3 cm³/mol. The summed E-state index contributed by atoms with van der Waals surface area (Å²) in [6, 6.07) is 6.16. The summed E-state index contributed by atoms with van der Waals surface area (Å²) >= 11 is 0. The van der Waals surface area contributed by atoms with Gasteiger partial charge in [-0.1, -0.05) is 31.5 Å². The third kappa shape index (κ3) is 4.58. The predicted octanol–water partition coefficient (Wildman–Crippen LogP) is 1.27. The van der Waals surface area contributed by atoms with Crippen LogP contribution in [0.25, 0.3) is 0 Å². The molecule has 0 aliphatic carbocycles. The molecule has 1 aromatic rings. The summed E-state index contributed by atoms with van der Waals surface area (Å²) in [4.78, 5) is 0.120. The number of methoxy groups -OCH3 is 1. The van der Waals surface area contributed by atoms with Crippen molar-refractivity contribution in [2.45, 2.75) is 37.3 Å². The molecule has 0 amide bonds. The molecular weight excluding hydrogens is 266 g/mol. The summed E-state index contributed by atoms with van der Waals surface area (Å²) in [7, 11) is -2.10. The summed E-state index contributed by atoms with van der Waals surface area (Å²) in [5.41, 5.74) is 0.391. The second-order valence-electron chi connectivity index (χ2n) is 4.33. The van der Waals surface area contributed by atoms with Gasteiger partial charge in [0, 0.05) is 13.2 Å². The molecule has 0 bridgehead atoms. The summed E-state index contributed by atoms with van der Waals surface area (Å²) in [6.07, 6.45) is 1.56. The first-order valence-electron chi connectivity index (χ1n) is 6.25. The minimum Gasteiger partial charge on any atom is -0.392 e. The maximum Gasteiger partial charge on any atom is 0.241 e. The lowest BCUT2D eigenvalue weighted by molar-refractivity contribution is 0.171. The van der Waals surface area contributed by atoms with Crippen molar-refractivity contribution in [1.82, 2.24) is 4.72 Å². The number of hydrogen-bond acceptors (Lipinski definition) is 4. The van der Waals surface area contributed by atoms with Gasteiger partial charge in [0.15, 0.2) is 0 Å². The van der Waals surface area contributed by atoms with E-state index < -0.39 is 10.0 Å². The lowest BCUT2D eigenvalue weighted by Gasteiger charge is -2.18. The Morgan fingerprint density at radius 2 is 2.05 bits per heavy atom. The van der Waals surface area contributed by atoms with Crippen molar-refractivity contribution >= 4 is 10.0 Å².